The number of imidazole rings is 1. The van der Waals surface area contributed by atoms with Crippen LogP contribution in [0.3, 0.4) is 0 Å². The van der Waals surface area contributed by atoms with Gasteiger partial charge in [0.1, 0.15) is 5.82 Å². The molecule has 2 heterocycles. The van der Waals surface area contributed by atoms with Gasteiger partial charge in [-0.25, -0.2) is 4.98 Å². The third-order valence-electron chi connectivity index (χ3n) is 2.68. The van der Waals surface area contributed by atoms with Gasteiger partial charge in [0, 0.05) is 18.7 Å². The average Bonchev–Trinajstić information content (AvgIpc) is 2.29. The Hall–Kier alpha value is -0.790. The van der Waals surface area contributed by atoms with Gasteiger partial charge in [0.2, 0.25) is 0 Å². The third kappa shape index (κ3) is 1.15. The molecule has 0 N–H and O–H groups in total. The van der Waals surface area contributed by atoms with Gasteiger partial charge in [0.15, 0.2) is 0 Å². The largest absolute Gasteiger partial charge is 0.332 e. The first-order valence-electron chi connectivity index (χ1n) is 4.71. The fourth-order valence-electron chi connectivity index (χ4n) is 2.19. The molecule has 0 aliphatic carbocycles. The highest BCUT2D eigenvalue weighted by Crippen LogP contribution is 2.27. The van der Waals surface area contributed by atoms with Crippen molar-refractivity contribution in [2.75, 3.05) is 0 Å². The maximum Gasteiger partial charge on any atom is 0.109 e. The van der Waals surface area contributed by atoms with E-state index < -0.39 is 0 Å². The van der Waals surface area contributed by atoms with Crippen LogP contribution < -0.4 is 0 Å². The highest BCUT2D eigenvalue weighted by Gasteiger charge is 2.21. The first-order chi connectivity index (χ1) is 5.66. The van der Waals surface area contributed by atoms with Gasteiger partial charge in [0.05, 0.1) is 5.69 Å². The lowest BCUT2D eigenvalue weighted by atomic mass is 9.95. The van der Waals surface area contributed by atoms with Crippen molar-refractivity contribution in [1.82, 2.24) is 9.55 Å². The topological polar surface area (TPSA) is 17.8 Å². The van der Waals surface area contributed by atoms with Gasteiger partial charge < -0.3 is 4.57 Å². The minimum absolute atomic E-state index is 0.643. The summed E-state index contributed by atoms with van der Waals surface area (Å²) >= 11 is 0. The minimum Gasteiger partial charge on any atom is -0.332 e. The van der Waals surface area contributed by atoms with Crippen molar-refractivity contribution < 1.29 is 0 Å². The zero-order valence-corrected chi connectivity index (χ0v) is 8.04. The number of rotatable bonds is 0. The van der Waals surface area contributed by atoms with Gasteiger partial charge in [-0.3, -0.25) is 0 Å². The van der Waals surface area contributed by atoms with E-state index >= 15 is 0 Å². The molecule has 0 aromatic carbocycles. The number of hydrogen-bond donors (Lipinski definition) is 0. The maximum atomic E-state index is 4.52. The van der Waals surface area contributed by atoms with Crippen molar-refractivity contribution >= 4 is 0 Å². The second-order valence-electron chi connectivity index (χ2n) is 4.10. The van der Waals surface area contributed by atoms with Gasteiger partial charge in [-0.1, -0.05) is 6.92 Å². The van der Waals surface area contributed by atoms with Gasteiger partial charge in [-0.05, 0) is 26.2 Å². The molecule has 0 saturated heterocycles. The smallest absolute Gasteiger partial charge is 0.109 e. The van der Waals surface area contributed by atoms with Crippen molar-refractivity contribution in [3.05, 3.63) is 17.7 Å². The van der Waals surface area contributed by atoms with Crippen LogP contribution in [-0.4, -0.2) is 9.55 Å². The zero-order valence-electron chi connectivity index (χ0n) is 8.04. The third-order valence-corrected chi connectivity index (χ3v) is 2.68. The SMILES string of the molecule is Cc1cn2c(n1)CC(C)CC2C. The van der Waals surface area contributed by atoms with E-state index in [1.54, 1.807) is 0 Å². The van der Waals surface area contributed by atoms with Crippen LogP contribution in [0.1, 0.15) is 37.8 Å². The molecule has 66 valence electrons. The lowest BCUT2D eigenvalue weighted by molar-refractivity contribution is 0.343. The molecule has 0 spiro atoms. The van der Waals surface area contributed by atoms with Crippen molar-refractivity contribution in [1.29, 1.82) is 0 Å². The van der Waals surface area contributed by atoms with Crippen LogP contribution in [0.2, 0.25) is 0 Å². The van der Waals surface area contributed by atoms with Crippen LogP contribution in [0.15, 0.2) is 6.20 Å². The van der Waals surface area contributed by atoms with Crippen molar-refractivity contribution in [2.45, 2.75) is 39.7 Å². The Morgan fingerprint density at radius 3 is 3.00 bits per heavy atom. The van der Waals surface area contributed by atoms with Gasteiger partial charge in [0.25, 0.3) is 0 Å². The highest BCUT2D eigenvalue weighted by atomic mass is 15.1. The maximum absolute atomic E-state index is 4.52. The molecule has 2 atom stereocenters. The molecule has 0 amide bonds. The first kappa shape index (κ1) is 7.84. The predicted octanol–water partition coefficient (Wildman–Crippen LogP) is 2.33. The second-order valence-corrected chi connectivity index (χ2v) is 4.10. The second kappa shape index (κ2) is 2.61. The van der Waals surface area contributed by atoms with E-state index in [-0.39, 0.29) is 0 Å². The summed E-state index contributed by atoms with van der Waals surface area (Å²) in [5.41, 5.74) is 1.16. The van der Waals surface area contributed by atoms with Crippen LogP contribution in [0.4, 0.5) is 0 Å². The molecule has 2 rings (SSSR count). The number of aryl methyl sites for hydroxylation is 1. The molecule has 2 unspecified atom stereocenters. The molecule has 0 radical (unpaired) electrons. The van der Waals surface area contributed by atoms with Crippen molar-refractivity contribution in [3.63, 3.8) is 0 Å². The predicted molar refractivity (Wildman–Crippen MR) is 49.2 cm³/mol. The van der Waals surface area contributed by atoms with E-state index in [1.165, 1.54) is 12.2 Å². The normalized spacial score (nSPS) is 28.6. The van der Waals surface area contributed by atoms with Gasteiger partial charge in [-0.15, -0.1) is 0 Å². The molecule has 1 aromatic heterocycles. The fraction of sp³-hybridized carbons (Fsp3) is 0.700. The average molecular weight is 164 g/mol. The van der Waals surface area contributed by atoms with E-state index in [0.29, 0.717) is 6.04 Å². The fourth-order valence-corrected chi connectivity index (χ4v) is 2.19. The van der Waals surface area contributed by atoms with Crippen LogP contribution in [0.5, 0.6) is 0 Å². The van der Waals surface area contributed by atoms with E-state index in [0.717, 1.165) is 18.0 Å². The Morgan fingerprint density at radius 1 is 1.50 bits per heavy atom. The number of hydrogen-bond acceptors (Lipinski definition) is 1. The Morgan fingerprint density at radius 2 is 2.25 bits per heavy atom. The van der Waals surface area contributed by atoms with Crippen LogP contribution in [0.25, 0.3) is 0 Å². The molecule has 0 fully saturated rings. The van der Waals surface area contributed by atoms with E-state index in [2.05, 4.69) is 36.5 Å². The van der Waals surface area contributed by atoms with Crippen molar-refractivity contribution in [3.8, 4) is 0 Å². The van der Waals surface area contributed by atoms with E-state index in [4.69, 9.17) is 0 Å². The van der Waals surface area contributed by atoms with Crippen molar-refractivity contribution in [2.24, 2.45) is 5.92 Å². The van der Waals surface area contributed by atoms with Crippen LogP contribution >= 0.6 is 0 Å². The summed E-state index contributed by atoms with van der Waals surface area (Å²) in [4.78, 5) is 4.52. The number of aromatic nitrogens is 2. The van der Waals surface area contributed by atoms with E-state index in [1.807, 2.05) is 0 Å². The summed E-state index contributed by atoms with van der Waals surface area (Å²) in [6, 6.07) is 0.643. The van der Waals surface area contributed by atoms with E-state index in [9.17, 15) is 0 Å². The van der Waals surface area contributed by atoms with Gasteiger partial charge in [-0.2, -0.15) is 0 Å². The minimum atomic E-state index is 0.643. The highest BCUT2D eigenvalue weighted by molar-refractivity contribution is 5.06. The molecule has 2 heteroatoms. The van der Waals surface area contributed by atoms with Crippen LogP contribution in [-0.2, 0) is 6.42 Å². The standard InChI is InChI=1S/C10H16N2/c1-7-4-9(3)12-6-8(2)11-10(12)5-7/h6-7,9H,4-5H2,1-3H3. The summed E-state index contributed by atoms with van der Waals surface area (Å²) in [6.45, 7) is 6.66. The molecule has 1 aliphatic heterocycles. The Kier molecular flexibility index (Phi) is 1.71. The summed E-state index contributed by atoms with van der Waals surface area (Å²) in [5, 5.41) is 0. The monoisotopic (exact) mass is 164 g/mol. The zero-order chi connectivity index (χ0) is 8.72. The molecular formula is C10H16N2. The molecule has 1 aromatic rings. The number of nitrogens with zero attached hydrogens (tertiary/aromatic N) is 2. The van der Waals surface area contributed by atoms with Gasteiger partial charge >= 0.3 is 0 Å². The number of fused-ring (bicyclic) bond motifs is 1. The summed E-state index contributed by atoms with van der Waals surface area (Å²) in [6.07, 6.45) is 4.62. The lowest BCUT2D eigenvalue weighted by Crippen LogP contribution is -2.20. The molecular weight excluding hydrogens is 148 g/mol. The summed E-state index contributed by atoms with van der Waals surface area (Å²) < 4.78 is 2.33. The molecule has 12 heavy (non-hydrogen) atoms. The quantitative estimate of drug-likeness (QED) is 0.575. The summed E-state index contributed by atoms with van der Waals surface area (Å²) in [7, 11) is 0. The molecule has 0 saturated carbocycles. The Labute approximate surface area is 73.6 Å². The summed E-state index contributed by atoms with van der Waals surface area (Å²) in [5.74, 6) is 2.08. The first-order valence-corrected chi connectivity index (χ1v) is 4.71. The Bertz CT molecular complexity index is 288. The molecule has 2 nitrogen and oxygen atoms in total. The lowest BCUT2D eigenvalue weighted by Gasteiger charge is -2.26. The molecule has 1 aliphatic rings. The van der Waals surface area contributed by atoms with Crippen LogP contribution in [0, 0.1) is 12.8 Å². The Balaban J connectivity index is 2.40. The molecule has 0 bridgehead atoms.